The highest BCUT2D eigenvalue weighted by molar-refractivity contribution is 5.43. The van der Waals surface area contributed by atoms with Crippen molar-refractivity contribution in [3.8, 4) is 11.5 Å². The summed E-state index contributed by atoms with van der Waals surface area (Å²) in [7, 11) is 1.42. The van der Waals surface area contributed by atoms with Crippen molar-refractivity contribution in [2.75, 3.05) is 20.3 Å². The van der Waals surface area contributed by atoms with Crippen LogP contribution in [0.25, 0.3) is 0 Å². The molecule has 1 N–H and O–H groups in total. The molecule has 0 aromatic heterocycles. The van der Waals surface area contributed by atoms with Gasteiger partial charge in [0.2, 0.25) is 0 Å². The Morgan fingerprint density at radius 3 is 2.70 bits per heavy atom. The number of rotatable bonds is 6. The number of methoxy groups -OCH3 is 1. The van der Waals surface area contributed by atoms with Crippen LogP contribution in [0.1, 0.15) is 18.4 Å². The van der Waals surface area contributed by atoms with Gasteiger partial charge in [-0.25, -0.2) is 0 Å². The van der Waals surface area contributed by atoms with E-state index < -0.39 is 6.61 Å². The third kappa shape index (κ3) is 4.31. The lowest BCUT2D eigenvalue weighted by Crippen LogP contribution is -2.34. The summed E-state index contributed by atoms with van der Waals surface area (Å²) in [5, 5.41) is 3.39. The van der Waals surface area contributed by atoms with Crippen LogP contribution in [0.3, 0.4) is 0 Å². The second kappa shape index (κ2) is 7.40. The highest BCUT2D eigenvalue weighted by Gasteiger charge is 2.14. The largest absolute Gasteiger partial charge is 0.493 e. The SMILES string of the molecule is COc1ccc(CNC2CCOCC2)cc1OC(F)F. The zero-order valence-corrected chi connectivity index (χ0v) is 11.4. The summed E-state index contributed by atoms with van der Waals surface area (Å²) in [5.74, 6) is 0.369. The molecule has 20 heavy (non-hydrogen) atoms. The van der Waals surface area contributed by atoms with E-state index in [-0.39, 0.29) is 5.75 Å². The van der Waals surface area contributed by atoms with E-state index in [1.165, 1.54) is 7.11 Å². The maximum Gasteiger partial charge on any atom is 0.387 e. The highest BCUT2D eigenvalue weighted by Crippen LogP contribution is 2.29. The van der Waals surface area contributed by atoms with Crippen LogP contribution in [0.2, 0.25) is 0 Å². The molecule has 0 radical (unpaired) electrons. The van der Waals surface area contributed by atoms with Crippen molar-refractivity contribution in [2.24, 2.45) is 0 Å². The first-order valence-electron chi connectivity index (χ1n) is 6.62. The zero-order chi connectivity index (χ0) is 14.4. The Bertz CT molecular complexity index is 423. The van der Waals surface area contributed by atoms with Crippen LogP contribution in [0, 0.1) is 0 Å². The minimum absolute atomic E-state index is 0.0637. The molecule has 112 valence electrons. The number of hydrogen-bond acceptors (Lipinski definition) is 4. The quantitative estimate of drug-likeness (QED) is 0.873. The van der Waals surface area contributed by atoms with E-state index in [2.05, 4.69) is 10.1 Å². The summed E-state index contributed by atoms with van der Waals surface area (Å²) in [6.07, 6.45) is 1.94. The van der Waals surface area contributed by atoms with Gasteiger partial charge in [-0.05, 0) is 30.5 Å². The molecule has 2 rings (SSSR count). The molecule has 0 aliphatic carbocycles. The summed E-state index contributed by atoms with van der Waals surface area (Å²) in [6.45, 7) is -0.725. The average Bonchev–Trinajstić information content (AvgIpc) is 2.46. The van der Waals surface area contributed by atoms with Crippen LogP contribution >= 0.6 is 0 Å². The standard InChI is InChI=1S/C14H19F2NO3/c1-18-12-3-2-10(8-13(12)20-14(15)16)9-17-11-4-6-19-7-5-11/h2-3,8,11,14,17H,4-7,9H2,1H3. The minimum Gasteiger partial charge on any atom is -0.493 e. The Labute approximate surface area is 117 Å². The Morgan fingerprint density at radius 2 is 2.05 bits per heavy atom. The molecule has 0 saturated carbocycles. The lowest BCUT2D eigenvalue weighted by molar-refractivity contribution is -0.0512. The molecular weight excluding hydrogens is 268 g/mol. The molecule has 1 aromatic carbocycles. The first kappa shape index (κ1) is 15.0. The van der Waals surface area contributed by atoms with Crippen LogP contribution < -0.4 is 14.8 Å². The summed E-state index contributed by atoms with van der Waals surface area (Å²) >= 11 is 0. The second-order valence-electron chi connectivity index (χ2n) is 4.63. The van der Waals surface area contributed by atoms with E-state index >= 15 is 0 Å². The van der Waals surface area contributed by atoms with Gasteiger partial charge in [0.15, 0.2) is 11.5 Å². The topological polar surface area (TPSA) is 39.7 Å². The van der Waals surface area contributed by atoms with Gasteiger partial charge in [-0.2, -0.15) is 8.78 Å². The van der Waals surface area contributed by atoms with Crippen molar-refractivity contribution >= 4 is 0 Å². The molecule has 0 bridgehead atoms. The smallest absolute Gasteiger partial charge is 0.387 e. The fraction of sp³-hybridized carbons (Fsp3) is 0.571. The first-order chi connectivity index (χ1) is 9.69. The molecule has 6 heteroatoms. The number of alkyl halides is 2. The van der Waals surface area contributed by atoms with Gasteiger partial charge in [0, 0.05) is 25.8 Å². The predicted octanol–water partition coefficient (Wildman–Crippen LogP) is 2.57. The van der Waals surface area contributed by atoms with Gasteiger partial charge in [0.05, 0.1) is 7.11 Å². The molecule has 1 aliphatic heterocycles. The Hall–Kier alpha value is -1.40. The normalized spacial score (nSPS) is 16.4. The van der Waals surface area contributed by atoms with E-state index in [0.717, 1.165) is 31.6 Å². The molecule has 4 nitrogen and oxygen atoms in total. The molecule has 0 atom stereocenters. The predicted molar refractivity (Wildman–Crippen MR) is 70.3 cm³/mol. The van der Waals surface area contributed by atoms with Crippen molar-refractivity contribution in [3.63, 3.8) is 0 Å². The van der Waals surface area contributed by atoms with Crippen LogP contribution in [0.15, 0.2) is 18.2 Å². The molecule has 0 unspecified atom stereocenters. The maximum absolute atomic E-state index is 12.3. The van der Waals surface area contributed by atoms with Gasteiger partial charge in [-0.15, -0.1) is 0 Å². The van der Waals surface area contributed by atoms with Crippen molar-refractivity contribution < 1.29 is 23.0 Å². The third-order valence-corrected chi connectivity index (χ3v) is 3.26. The summed E-state index contributed by atoms with van der Waals surface area (Å²) in [6, 6.07) is 5.46. The number of ether oxygens (including phenoxy) is 3. The number of hydrogen-bond donors (Lipinski definition) is 1. The molecule has 1 aromatic rings. The Balaban J connectivity index is 1.96. The minimum atomic E-state index is -2.86. The van der Waals surface area contributed by atoms with Crippen LogP contribution in [0.4, 0.5) is 8.78 Å². The van der Waals surface area contributed by atoms with Crippen molar-refractivity contribution in [1.29, 1.82) is 0 Å². The molecular formula is C14H19F2NO3. The van der Waals surface area contributed by atoms with Gasteiger partial charge in [-0.3, -0.25) is 0 Å². The Morgan fingerprint density at radius 1 is 1.30 bits per heavy atom. The van der Waals surface area contributed by atoms with E-state index in [4.69, 9.17) is 9.47 Å². The lowest BCUT2D eigenvalue weighted by atomic mass is 10.1. The van der Waals surface area contributed by atoms with E-state index in [1.54, 1.807) is 12.1 Å². The molecule has 0 spiro atoms. The van der Waals surface area contributed by atoms with Crippen molar-refractivity contribution in [2.45, 2.75) is 32.0 Å². The van der Waals surface area contributed by atoms with Crippen LogP contribution in [0.5, 0.6) is 11.5 Å². The van der Waals surface area contributed by atoms with Gasteiger partial charge < -0.3 is 19.5 Å². The maximum atomic E-state index is 12.3. The van der Waals surface area contributed by atoms with Gasteiger partial charge in [0.1, 0.15) is 0 Å². The van der Waals surface area contributed by atoms with E-state index in [0.29, 0.717) is 18.3 Å². The molecule has 1 fully saturated rings. The second-order valence-corrected chi connectivity index (χ2v) is 4.63. The highest BCUT2D eigenvalue weighted by atomic mass is 19.3. The number of halogens is 2. The monoisotopic (exact) mass is 287 g/mol. The fourth-order valence-corrected chi connectivity index (χ4v) is 2.18. The molecule has 1 aliphatic rings. The van der Waals surface area contributed by atoms with Gasteiger partial charge in [-0.1, -0.05) is 6.07 Å². The van der Waals surface area contributed by atoms with Crippen molar-refractivity contribution in [1.82, 2.24) is 5.32 Å². The lowest BCUT2D eigenvalue weighted by Gasteiger charge is -2.23. The average molecular weight is 287 g/mol. The van der Waals surface area contributed by atoms with Gasteiger partial charge >= 0.3 is 6.61 Å². The molecule has 1 saturated heterocycles. The number of benzene rings is 1. The first-order valence-corrected chi connectivity index (χ1v) is 6.62. The molecule has 0 amide bonds. The summed E-state index contributed by atoms with van der Waals surface area (Å²) in [4.78, 5) is 0. The molecule has 1 heterocycles. The zero-order valence-electron chi connectivity index (χ0n) is 11.4. The van der Waals surface area contributed by atoms with E-state index in [1.807, 2.05) is 6.07 Å². The number of nitrogens with one attached hydrogen (secondary N) is 1. The Kier molecular flexibility index (Phi) is 5.55. The van der Waals surface area contributed by atoms with Gasteiger partial charge in [0.25, 0.3) is 0 Å². The van der Waals surface area contributed by atoms with E-state index in [9.17, 15) is 8.78 Å². The fourth-order valence-electron chi connectivity index (χ4n) is 2.18. The van der Waals surface area contributed by atoms with Crippen LogP contribution in [-0.2, 0) is 11.3 Å². The van der Waals surface area contributed by atoms with Crippen LogP contribution in [-0.4, -0.2) is 33.0 Å². The van der Waals surface area contributed by atoms with Crippen molar-refractivity contribution in [3.05, 3.63) is 23.8 Å². The summed E-state index contributed by atoms with van der Waals surface area (Å²) < 4.78 is 39.4. The summed E-state index contributed by atoms with van der Waals surface area (Å²) in [5.41, 5.74) is 0.882. The third-order valence-electron chi connectivity index (χ3n) is 3.26.